The van der Waals surface area contributed by atoms with Crippen LogP contribution in [0.25, 0.3) is 0 Å². The Balaban J connectivity index is 1.49. The van der Waals surface area contributed by atoms with Crippen LogP contribution >= 0.6 is 0 Å². The topological polar surface area (TPSA) is 66.9 Å². The van der Waals surface area contributed by atoms with E-state index in [1.54, 1.807) is 0 Å². The molecule has 1 amide bonds. The van der Waals surface area contributed by atoms with Gasteiger partial charge in [-0.2, -0.15) is 4.31 Å². The first-order valence-electron chi connectivity index (χ1n) is 9.81. The molecule has 10 heteroatoms. The molecule has 0 atom stereocenters. The van der Waals surface area contributed by atoms with E-state index in [0.29, 0.717) is 25.2 Å². The molecule has 168 valence electrons. The molecule has 6 nitrogen and oxygen atoms in total. The van der Waals surface area contributed by atoms with E-state index < -0.39 is 32.4 Å². The highest BCUT2D eigenvalue weighted by molar-refractivity contribution is 7.89. The number of nitrogens with zero attached hydrogens (tertiary/aromatic N) is 2. The average molecular weight is 456 g/mol. The van der Waals surface area contributed by atoms with Crippen LogP contribution in [0.2, 0.25) is 0 Å². The van der Waals surface area contributed by atoms with Gasteiger partial charge in [-0.1, -0.05) is 17.7 Å². The van der Waals surface area contributed by atoms with Crippen LogP contribution in [0.5, 0.6) is 5.75 Å². The summed E-state index contributed by atoms with van der Waals surface area (Å²) in [6.45, 7) is 2.48. The zero-order valence-corrected chi connectivity index (χ0v) is 17.8. The van der Waals surface area contributed by atoms with Gasteiger partial charge in [-0.15, -0.1) is 0 Å². The van der Waals surface area contributed by atoms with E-state index in [1.165, 1.54) is 4.90 Å². The Morgan fingerprint density at radius 2 is 1.61 bits per heavy atom. The van der Waals surface area contributed by atoms with Crippen LogP contribution in [0.1, 0.15) is 18.4 Å². The number of amides is 1. The zero-order valence-electron chi connectivity index (χ0n) is 17.0. The number of rotatable bonds is 7. The Kier molecular flexibility index (Phi) is 7.22. The molecule has 0 radical (unpaired) electrons. The first kappa shape index (κ1) is 23.1. The van der Waals surface area contributed by atoms with Crippen molar-refractivity contribution in [3.8, 4) is 5.75 Å². The second-order valence-corrected chi connectivity index (χ2v) is 9.13. The molecule has 31 heavy (non-hydrogen) atoms. The average Bonchev–Trinajstić information content (AvgIpc) is 2.76. The van der Waals surface area contributed by atoms with Crippen LogP contribution < -0.4 is 4.74 Å². The number of hydrogen-bond donors (Lipinski definition) is 0. The molecule has 0 aliphatic carbocycles. The maximum absolute atomic E-state index is 13.9. The number of aryl methyl sites for hydroxylation is 1. The second-order valence-electron chi connectivity index (χ2n) is 7.22. The molecular formula is C21H23F3N2O4S. The smallest absolute Gasteiger partial charge is 0.246 e. The van der Waals surface area contributed by atoms with Gasteiger partial charge in [0.05, 0.1) is 6.61 Å². The standard InChI is InChI=1S/C21H23F3N2O4S/c1-15-4-6-16(7-5-15)30-14-2-3-19(27)25-10-12-26(13-11-25)31(28,29)18-9-8-17(22)20(23)21(18)24/h4-9H,2-3,10-14H2,1H3. The molecule has 0 unspecified atom stereocenters. The molecule has 1 heterocycles. The van der Waals surface area contributed by atoms with Crippen LogP contribution in [-0.4, -0.2) is 56.3 Å². The van der Waals surface area contributed by atoms with Crippen molar-refractivity contribution >= 4 is 15.9 Å². The lowest BCUT2D eigenvalue weighted by Crippen LogP contribution is -2.50. The van der Waals surface area contributed by atoms with E-state index in [2.05, 4.69) is 0 Å². The fraction of sp³-hybridized carbons (Fsp3) is 0.381. The van der Waals surface area contributed by atoms with Gasteiger partial charge < -0.3 is 9.64 Å². The Hall–Kier alpha value is -2.59. The van der Waals surface area contributed by atoms with Crippen molar-refractivity contribution in [1.82, 2.24) is 9.21 Å². The third kappa shape index (κ3) is 5.37. The minimum atomic E-state index is -4.34. The number of carbonyl (C=O) groups is 1. The molecule has 1 saturated heterocycles. The molecule has 0 N–H and O–H groups in total. The van der Waals surface area contributed by atoms with Crippen LogP contribution in [-0.2, 0) is 14.8 Å². The van der Waals surface area contributed by atoms with Crippen LogP contribution in [0.4, 0.5) is 13.2 Å². The maximum atomic E-state index is 13.9. The van der Waals surface area contributed by atoms with Crippen molar-refractivity contribution in [1.29, 1.82) is 0 Å². The highest BCUT2D eigenvalue weighted by atomic mass is 32.2. The van der Waals surface area contributed by atoms with E-state index in [1.807, 2.05) is 31.2 Å². The number of sulfonamides is 1. The van der Waals surface area contributed by atoms with Gasteiger partial charge in [0.2, 0.25) is 15.9 Å². The summed E-state index contributed by atoms with van der Waals surface area (Å²) in [5, 5.41) is 0. The molecular weight excluding hydrogens is 433 g/mol. The predicted octanol–water partition coefficient (Wildman–Crippen LogP) is 3.10. The SMILES string of the molecule is Cc1ccc(OCCCC(=O)N2CCN(S(=O)(=O)c3ccc(F)c(F)c3F)CC2)cc1. The molecule has 0 bridgehead atoms. The summed E-state index contributed by atoms with van der Waals surface area (Å²) in [6.07, 6.45) is 0.752. The van der Waals surface area contributed by atoms with E-state index in [-0.39, 0.29) is 38.5 Å². The third-order valence-electron chi connectivity index (χ3n) is 5.03. The Labute approximate surface area is 179 Å². The van der Waals surface area contributed by atoms with Gasteiger partial charge in [0.15, 0.2) is 17.5 Å². The van der Waals surface area contributed by atoms with E-state index in [9.17, 15) is 26.4 Å². The predicted molar refractivity (Wildman–Crippen MR) is 108 cm³/mol. The summed E-state index contributed by atoms with van der Waals surface area (Å²) in [6, 6.07) is 8.85. The number of carbonyl (C=O) groups excluding carboxylic acids is 1. The first-order chi connectivity index (χ1) is 14.7. The molecule has 1 fully saturated rings. The minimum absolute atomic E-state index is 0.0631. The van der Waals surface area contributed by atoms with Crippen molar-refractivity contribution in [3.63, 3.8) is 0 Å². The van der Waals surface area contributed by atoms with E-state index in [4.69, 9.17) is 4.74 Å². The van der Waals surface area contributed by atoms with Crippen LogP contribution in [0.15, 0.2) is 41.3 Å². The quantitative estimate of drug-likeness (QED) is 0.474. The molecule has 2 aromatic carbocycles. The van der Waals surface area contributed by atoms with Crippen molar-refractivity contribution in [2.75, 3.05) is 32.8 Å². The lowest BCUT2D eigenvalue weighted by molar-refractivity contribution is -0.132. The number of piperazine rings is 1. The highest BCUT2D eigenvalue weighted by Crippen LogP contribution is 2.24. The molecule has 1 aliphatic heterocycles. The van der Waals surface area contributed by atoms with Crippen molar-refractivity contribution in [2.24, 2.45) is 0 Å². The fourth-order valence-corrected chi connectivity index (χ4v) is 4.71. The monoisotopic (exact) mass is 456 g/mol. The van der Waals surface area contributed by atoms with Crippen LogP contribution in [0, 0.1) is 24.4 Å². The maximum Gasteiger partial charge on any atom is 0.246 e. The summed E-state index contributed by atoms with van der Waals surface area (Å²) in [4.78, 5) is 13.0. The molecule has 0 saturated carbocycles. The molecule has 2 aromatic rings. The molecule has 0 aromatic heterocycles. The zero-order chi connectivity index (χ0) is 22.6. The third-order valence-corrected chi connectivity index (χ3v) is 6.95. The summed E-state index contributed by atoms with van der Waals surface area (Å²) < 4.78 is 72.2. The first-order valence-corrected chi connectivity index (χ1v) is 11.2. The summed E-state index contributed by atoms with van der Waals surface area (Å²) in [5.41, 5.74) is 1.12. The summed E-state index contributed by atoms with van der Waals surface area (Å²) >= 11 is 0. The number of benzene rings is 2. The highest BCUT2D eigenvalue weighted by Gasteiger charge is 2.33. The number of halogens is 3. The van der Waals surface area contributed by atoms with Gasteiger partial charge in [-0.25, -0.2) is 21.6 Å². The second kappa shape index (κ2) is 9.69. The van der Waals surface area contributed by atoms with Crippen LogP contribution in [0.3, 0.4) is 0 Å². The van der Waals surface area contributed by atoms with Gasteiger partial charge in [-0.05, 0) is 37.6 Å². The Morgan fingerprint density at radius 1 is 0.968 bits per heavy atom. The number of hydrogen-bond acceptors (Lipinski definition) is 4. The molecule has 0 spiro atoms. The summed E-state index contributed by atoms with van der Waals surface area (Å²) in [7, 11) is -4.34. The molecule has 3 rings (SSSR count). The summed E-state index contributed by atoms with van der Waals surface area (Å²) in [5.74, 6) is -4.45. The van der Waals surface area contributed by atoms with Gasteiger partial charge in [0.25, 0.3) is 0 Å². The van der Waals surface area contributed by atoms with Gasteiger partial charge in [0, 0.05) is 32.6 Å². The largest absolute Gasteiger partial charge is 0.494 e. The molecule has 1 aliphatic rings. The van der Waals surface area contributed by atoms with Crippen molar-refractivity contribution < 1.29 is 31.1 Å². The van der Waals surface area contributed by atoms with Gasteiger partial charge in [-0.3, -0.25) is 4.79 Å². The van der Waals surface area contributed by atoms with E-state index in [0.717, 1.165) is 15.6 Å². The Morgan fingerprint density at radius 3 is 2.26 bits per heavy atom. The lowest BCUT2D eigenvalue weighted by Gasteiger charge is -2.34. The minimum Gasteiger partial charge on any atom is -0.494 e. The van der Waals surface area contributed by atoms with Gasteiger partial charge >= 0.3 is 0 Å². The lowest BCUT2D eigenvalue weighted by atomic mass is 10.2. The van der Waals surface area contributed by atoms with Crippen molar-refractivity contribution in [3.05, 3.63) is 59.4 Å². The van der Waals surface area contributed by atoms with Gasteiger partial charge in [0.1, 0.15) is 10.6 Å². The Bertz CT molecular complexity index is 1040. The van der Waals surface area contributed by atoms with Crippen molar-refractivity contribution in [2.45, 2.75) is 24.7 Å². The fourth-order valence-electron chi connectivity index (χ4n) is 3.23. The van der Waals surface area contributed by atoms with E-state index >= 15 is 0 Å². The normalized spacial score (nSPS) is 15.2. The number of ether oxygens (including phenoxy) is 1.